The summed E-state index contributed by atoms with van der Waals surface area (Å²) in [4.78, 5) is 8.04. The molecule has 2 aromatic carbocycles. The summed E-state index contributed by atoms with van der Waals surface area (Å²) in [6.45, 7) is 0. The molecule has 0 radical (unpaired) electrons. The first kappa shape index (κ1) is 11.7. The standard InChI is InChI=1S/C17H11BrN2/c18-12-6-7-15-14(10-12)13-8-9-19-16(17(13)20-15)11-4-2-1-3-5-11/h1-10,20H. The van der Waals surface area contributed by atoms with Crippen molar-refractivity contribution in [3.8, 4) is 11.3 Å². The van der Waals surface area contributed by atoms with Crippen molar-refractivity contribution >= 4 is 37.7 Å². The summed E-state index contributed by atoms with van der Waals surface area (Å²) in [5.74, 6) is 0. The number of rotatable bonds is 1. The maximum absolute atomic E-state index is 4.55. The van der Waals surface area contributed by atoms with E-state index < -0.39 is 0 Å². The molecule has 4 aromatic rings. The molecule has 20 heavy (non-hydrogen) atoms. The average molecular weight is 323 g/mol. The fraction of sp³-hybridized carbons (Fsp3) is 0. The lowest BCUT2D eigenvalue weighted by Crippen LogP contribution is -1.84. The first-order chi connectivity index (χ1) is 9.83. The molecule has 0 aliphatic rings. The van der Waals surface area contributed by atoms with Crippen molar-refractivity contribution < 1.29 is 0 Å². The van der Waals surface area contributed by atoms with Gasteiger partial charge in [-0.3, -0.25) is 4.98 Å². The van der Waals surface area contributed by atoms with Crippen LogP contribution >= 0.6 is 15.9 Å². The van der Waals surface area contributed by atoms with Crippen molar-refractivity contribution in [2.24, 2.45) is 0 Å². The summed E-state index contributed by atoms with van der Waals surface area (Å²) >= 11 is 3.54. The predicted molar refractivity (Wildman–Crippen MR) is 86.7 cm³/mol. The fourth-order valence-electron chi connectivity index (χ4n) is 2.61. The van der Waals surface area contributed by atoms with E-state index in [-0.39, 0.29) is 0 Å². The van der Waals surface area contributed by atoms with Gasteiger partial charge in [-0.15, -0.1) is 0 Å². The molecular weight excluding hydrogens is 312 g/mol. The van der Waals surface area contributed by atoms with Crippen LogP contribution in [0.5, 0.6) is 0 Å². The number of fused-ring (bicyclic) bond motifs is 3. The number of aromatic nitrogens is 2. The van der Waals surface area contributed by atoms with Gasteiger partial charge in [0.25, 0.3) is 0 Å². The molecule has 2 aromatic heterocycles. The van der Waals surface area contributed by atoms with E-state index >= 15 is 0 Å². The largest absolute Gasteiger partial charge is 0.353 e. The highest BCUT2D eigenvalue weighted by Gasteiger charge is 2.10. The summed E-state index contributed by atoms with van der Waals surface area (Å²) in [7, 11) is 0. The van der Waals surface area contributed by atoms with Crippen LogP contribution in [0.1, 0.15) is 0 Å². The van der Waals surface area contributed by atoms with Crippen molar-refractivity contribution in [2.75, 3.05) is 0 Å². The Bertz CT molecular complexity index is 910. The van der Waals surface area contributed by atoms with E-state index in [2.05, 4.69) is 56.2 Å². The molecule has 2 heterocycles. The minimum atomic E-state index is 0.996. The van der Waals surface area contributed by atoms with Gasteiger partial charge in [0.05, 0.1) is 11.2 Å². The zero-order valence-corrected chi connectivity index (χ0v) is 12.2. The number of H-pyrrole nitrogens is 1. The van der Waals surface area contributed by atoms with Gasteiger partial charge in [0.2, 0.25) is 0 Å². The van der Waals surface area contributed by atoms with Gasteiger partial charge < -0.3 is 4.98 Å². The molecule has 4 rings (SSSR count). The molecule has 0 bridgehead atoms. The van der Waals surface area contributed by atoms with Gasteiger partial charge in [0.15, 0.2) is 0 Å². The van der Waals surface area contributed by atoms with Crippen LogP contribution < -0.4 is 0 Å². The Morgan fingerprint density at radius 2 is 1.75 bits per heavy atom. The van der Waals surface area contributed by atoms with E-state index in [0.29, 0.717) is 0 Å². The van der Waals surface area contributed by atoms with Crippen molar-refractivity contribution in [3.63, 3.8) is 0 Å². The average Bonchev–Trinajstić information content (AvgIpc) is 2.86. The molecule has 0 atom stereocenters. The molecule has 0 unspecified atom stereocenters. The summed E-state index contributed by atoms with van der Waals surface area (Å²) in [6, 6.07) is 18.6. The SMILES string of the molecule is Brc1ccc2[nH]c3c(-c4ccccc4)nccc3c2c1. The van der Waals surface area contributed by atoms with E-state index in [1.165, 1.54) is 10.8 Å². The molecule has 3 heteroatoms. The zero-order chi connectivity index (χ0) is 13.5. The lowest BCUT2D eigenvalue weighted by atomic mass is 10.1. The van der Waals surface area contributed by atoms with Crippen LogP contribution in [0.2, 0.25) is 0 Å². The van der Waals surface area contributed by atoms with Crippen LogP contribution in [0.25, 0.3) is 33.1 Å². The van der Waals surface area contributed by atoms with Crippen LogP contribution in [0, 0.1) is 0 Å². The van der Waals surface area contributed by atoms with Gasteiger partial charge >= 0.3 is 0 Å². The first-order valence-electron chi connectivity index (χ1n) is 6.44. The Balaban J connectivity index is 2.11. The monoisotopic (exact) mass is 322 g/mol. The highest BCUT2D eigenvalue weighted by atomic mass is 79.9. The maximum Gasteiger partial charge on any atom is 0.0943 e. The van der Waals surface area contributed by atoms with E-state index in [1.807, 2.05) is 30.5 Å². The second-order valence-electron chi connectivity index (χ2n) is 4.76. The molecule has 0 amide bonds. The number of pyridine rings is 1. The van der Waals surface area contributed by atoms with Gasteiger partial charge in [0, 0.05) is 32.5 Å². The highest BCUT2D eigenvalue weighted by Crippen LogP contribution is 2.32. The van der Waals surface area contributed by atoms with Gasteiger partial charge in [-0.25, -0.2) is 0 Å². The first-order valence-corrected chi connectivity index (χ1v) is 7.23. The number of nitrogens with zero attached hydrogens (tertiary/aromatic N) is 1. The number of aromatic amines is 1. The molecular formula is C17H11BrN2. The molecule has 0 aliphatic carbocycles. The Morgan fingerprint density at radius 3 is 2.60 bits per heavy atom. The predicted octanol–water partition coefficient (Wildman–Crippen LogP) is 5.15. The van der Waals surface area contributed by atoms with Crippen LogP contribution in [0.3, 0.4) is 0 Å². The number of halogens is 1. The van der Waals surface area contributed by atoms with Gasteiger partial charge in [-0.05, 0) is 24.3 Å². The van der Waals surface area contributed by atoms with Crippen molar-refractivity contribution in [3.05, 3.63) is 65.3 Å². The fourth-order valence-corrected chi connectivity index (χ4v) is 2.97. The third-order valence-corrected chi connectivity index (χ3v) is 4.02. The Kier molecular flexibility index (Phi) is 2.60. The number of hydrogen-bond donors (Lipinski definition) is 1. The molecule has 0 aliphatic heterocycles. The van der Waals surface area contributed by atoms with Gasteiger partial charge in [0.1, 0.15) is 0 Å². The minimum absolute atomic E-state index is 0.996. The van der Waals surface area contributed by atoms with Crippen molar-refractivity contribution in [1.82, 2.24) is 9.97 Å². The van der Waals surface area contributed by atoms with Crippen LogP contribution in [0.4, 0.5) is 0 Å². The van der Waals surface area contributed by atoms with E-state index in [1.54, 1.807) is 0 Å². The topological polar surface area (TPSA) is 28.7 Å². The normalized spacial score (nSPS) is 11.2. The van der Waals surface area contributed by atoms with Crippen molar-refractivity contribution in [1.29, 1.82) is 0 Å². The van der Waals surface area contributed by atoms with E-state index in [9.17, 15) is 0 Å². The summed E-state index contributed by atoms with van der Waals surface area (Å²) in [6.07, 6.45) is 1.87. The zero-order valence-electron chi connectivity index (χ0n) is 10.6. The number of hydrogen-bond acceptors (Lipinski definition) is 1. The molecule has 2 nitrogen and oxygen atoms in total. The van der Waals surface area contributed by atoms with E-state index in [0.717, 1.165) is 26.8 Å². The molecule has 96 valence electrons. The second kappa shape index (κ2) is 4.46. The molecule has 1 N–H and O–H groups in total. The lowest BCUT2D eigenvalue weighted by molar-refractivity contribution is 1.34. The minimum Gasteiger partial charge on any atom is -0.353 e. The smallest absolute Gasteiger partial charge is 0.0943 e. The summed E-state index contributed by atoms with van der Waals surface area (Å²) in [5, 5.41) is 2.42. The van der Waals surface area contributed by atoms with E-state index in [4.69, 9.17) is 0 Å². The van der Waals surface area contributed by atoms with Crippen LogP contribution in [-0.2, 0) is 0 Å². The number of nitrogens with one attached hydrogen (secondary N) is 1. The van der Waals surface area contributed by atoms with Crippen LogP contribution in [0.15, 0.2) is 65.3 Å². The lowest BCUT2D eigenvalue weighted by Gasteiger charge is -2.01. The summed E-state index contributed by atoms with van der Waals surface area (Å²) in [5.41, 5.74) is 4.35. The second-order valence-corrected chi connectivity index (χ2v) is 5.68. The Morgan fingerprint density at radius 1 is 0.900 bits per heavy atom. The third-order valence-electron chi connectivity index (χ3n) is 3.53. The highest BCUT2D eigenvalue weighted by molar-refractivity contribution is 9.10. The van der Waals surface area contributed by atoms with Gasteiger partial charge in [-0.1, -0.05) is 46.3 Å². The van der Waals surface area contributed by atoms with Crippen LogP contribution in [-0.4, -0.2) is 9.97 Å². The van der Waals surface area contributed by atoms with Crippen molar-refractivity contribution in [2.45, 2.75) is 0 Å². The number of benzene rings is 2. The van der Waals surface area contributed by atoms with Gasteiger partial charge in [-0.2, -0.15) is 0 Å². The quantitative estimate of drug-likeness (QED) is 0.516. The molecule has 0 fully saturated rings. The Labute approximate surface area is 124 Å². The molecule has 0 saturated carbocycles. The maximum atomic E-state index is 4.55. The Hall–Kier alpha value is -2.13. The third kappa shape index (κ3) is 1.74. The molecule has 0 spiro atoms. The molecule has 0 saturated heterocycles. The summed E-state index contributed by atoms with van der Waals surface area (Å²) < 4.78 is 1.09.